The minimum atomic E-state index is -3.15. The van der Waals surface area contributed by atoms with E-state index in [1.807, 2.05) is 0 Å². The summed E-state index contributed by atoms with van der Waals surface area (Å²) in [5.41, 5.74) is 0.270. The van der Waals surface area contributed by atoms with E-state index in [1.165, 1.54) is 6.26 Å². The van der Waals surface area contributed by atoms with Crippen LogP contribution in [0.4, 0.5) is 8.78 Å². The van der Waals surface area contributed by atoms with Crippen LogP contribution in [-0.4, -0.2) is 110 Å². The Bertz CT molecular complexity index is 980. The Balaban J connectivity index is 1.34. The van der Waals surface area contributed by atoms with Gasteiger partial charge >= 0.3 is 0 Å². The number of piperidine rings is 1. The molecule has 1 aliphatic carbocycles. The monoisotopic (exact) mass is 501 g/mol. The second-order valence-electron chi connectivity index (χ2n) is 11.0. The molecule has 2 N–H and O–H groups in total. The summed E-state index contributed by atoms with van der Waals surface area (Å²) >= 11 is 0. The van der Waals surface area contributed by atoms with Gasteiger partial charge in [-0.15, -0.1) is 0 Å². The molecule has 0 bridgehead atoms. The van der Waals surface area contributed by atoms with Gasteiger partial charge in [-0.25, -0.2) is 36.3 Å². The van der Waals surface area contributed by atoms with Crippen LogP contribution in [0.3, 0.4) is 0 Å². The molecule has 0 amide bonds. The number of halogens is 2. The van der Waals surface area contributed by atoms with Gasteiger partial charge in [-0.1, -0.05) is 6.08 Å². The molecule has 4 heterocycles. The van der Waals surface area contributed by atoms with Crippen molar-refractivity contribution in [1.82, 2.24) is 24.7 Å². The lowest BCUT2D eigenvalue weighted by Gasteiger charge is -2.48. The van der Waals surface area contributed by atoms with E-state index in [9.17, 15) is 17.2 Å². The van der Waals surface area contributed by atoms with Gasteiger partial charge in [0.2, 0.25) is 10.0 Å². The number of fused-ring (bicyclic) bond motifs is 1. The van der Waals surface area contributed by atoms with Crippen molar-refractivity contribution in [2.75, 3.05) is 46.0 Å². The first-order chi connectivity index (χ1) is 15.9. The average Bonchev–Trinajstić information content (AvgIpc) is 3.07. The number of allylic oxidation sites excluding steroid dienone is 1. The predicted octanol–water partition coefficient (Wildman–Crippen LogP) is 0.881. The van der Waals surface area contributed by atoms with E-state index < -0.39 is 21.4 Å². The number of likely N-dealkylation sites (N-methyl/N-ethyl adjacent to an activating group) is 1. The highest BCUT2D eigenvalue weighted by Crippen LogP contribution is 2.65. The van der Waals surface area contributed by atoms with E-state index >= 15 is 0 Å². The standard InChI is InChI=1S/C23H39F2N6O2S/c1-5-29-13-17-12-16(2)26-20(30-11-8-22(15-30)14-23(22,24)25)19(17)28(3)21(29)27-18-6-9-31(10-7-18)34(4,32)33/h12-13,17-21,26-27H,5-11,14-15H2,1-4H3/q+1. The highest BCUT2D eigenvalue weighted by atomic mass is 32.2. The summed E-state index contributed by atoms with van der Waals surface area (Å²) in [5, 5.41) is 7.41. The molecule has 0 aromatic carbocycles. The van der Waals surface area contributed by atoms with Crippen molar-refractivity contribution in [2.24, 2.45) is 11.3 Å². The number of hydrogen-bond acceptors (Lipinski definition) is 6. The molecule has 5 aliphatic rings. The largest absolute Gasteiger partial charge is 0.372 e. The Kier molecular flexibility index (Phi) is 6.11. The SMILES string of the molecule is CC[N+]1=CC2C=C(C)NC(N3CCC4(C3)CC4(F)F)C2N(C)C1NC1CCN(S(C)(=O)=O)CC1. The molecular weight excluding hydrogens is 462 g/mol. The van der Waals surface area contributed by atoms with E-state index in [0.29, 0.717) is 32.6 Å². The molecule has 3 fully saturated rings. The Morgan fingerprint density at radius 3 is 2.50 bits per heavy atom. The number of rotatable bonds is 5. The normalized spacial score (nSPS) is 39.5. The molecule has 4 aliphatic heterocycles. The van der Waals surface area contributed by atoms with Crippen LogP contribution in [0.15, 0.2) is 11.8 Å². The molecule has 5 rings (SSSR count). The highest BCUT2D eigenvalue weighted by Gasteiger charge is 2.73. The average molecular weight is 502 g/mol. The third kappa shape index (κ3) is 4.21. The number of sulfonamides is 1. The summed E-state index contributed by atoms with van der Waals surface area (Å²) in [5.74, 6) is -2.33. The topological polar surface area (TPSA) is 70.9 Å². The first-order valence-corrected chi connectivity index (χ1v) is 14.4. The number of alkyl halides is 2. The molecule has 5 unspecified atom stereocenters. The number of hydrogen-bond donors (Lipinski definition) is 2. The van der Waals surface area contributed by atoms with Crippen molar-refractivity contribution in [3.63, 3.8) is 0 Å². The Labute approximate surface area is 202 Å². The summed E-state index contributed by atoms with van der Waals surface area (Å²) in [6.07, 6.45) is 7.89. The minimum absolute atomic E-state index is 0.0219. The van der Waals surface area contributed by atoms with Crippen LogP contribution in [-0.2, 0) is 10.0 Å². The smallest absolute Gasteiger partial charge is 0.267 e. The van der Waals surface area contributed by atoms with Crippen LogP contribution in [0.2, 0.25) is 0 Å². The molecule has 1 spiro atoms. The second-order valence-corrected chi connectivity index (χ2v) is 13.0. The van der Waals surface area contributed by atoms with Gasteiger partial charge in [0.05, 0.1) is 29.8 Å². The van der Waals surface area contributed by atoms with E-state index in [4.69, 9.17) is 0 Å². The quantitative estimate of drug-likeness (QED) is 0.545. The van der Waals surface area contributed by atoms with Gasteiger partial charge in [-0.2, -0.15) is 0 Å². The molecule has 0 aromatic rings. The molecule has 1 saturated carbocycles. The van der Waals surface area contributed by atoms with Gasteiger partial charge in [0.15, 0.2) is 6.21 Å². The predicted molar refractivity (Wildman–Crippen MR) is 127 cm³/mol. The summed E-state index contributed by atoms with van der Waals surface area (Å²) < 4.78 is 55.9. The molecular formula is C23H39F2N6O2S+. The van der Waals surface area contributed by atoms with Crippen LogP contribution in [0.25, 0.3) is 0 Å². The molecule has 2 saturated heterocycles. The summed E-state index contributed by atoms with van der Waals surface area (Å²) in [6.45, 7) is 7.25. The van der Waals surface area contributed by atoms with Crippen LogP contribution in [0, 0.1) is 11.3 Å². The van der Waals surface area contributed by atoms with Gasteiger partial charge in [0, 0.05) is 44.3 Å². The van der Waals surface area contributed by atoms with E-state index in [2.05, 4.69) is 58.2 Å². The molecule has 11 heteroatoms. The van der Waals surface area contributed by atoms with Gasteiger partial charge < -0.3 is 5.32 Å². The van der Waals surface area contributed by atoms with Crippen LogP contribution in [0.5, 0.6) is 0 Å². The Morgan fingerprint density at radius 2 is 1.94 bits per heavy atom. The maximum atomic E-state index is 14.1. The fourth-order valence-corrected chi connectivity index (χ4v) is 7.49. The number of nitrogens with one attached hydrogen (secondary N) is 2. The minimum Gasteiger partial charge on any atom is -0.372 e. The zero-order chi connectivity index (χ0) is 24.5. The first-order valence-electron chi connectivity index (χ1n) is 12.5. The third-order valence-electron chi connectivity index (χ3n) is 8.73. The van der Waals surface area contributed by atoms with Crippen LogP contribution >= 0.6 is 0 Å². The van der Waals surface area contributed by atoms with Crippen molar-refractivity contribution in [3.05, 3.63) is 11.8 Å². The van der Waals surface area contributed by atoms with Gasteiger partial charge in [-0.05, 0) is 40.2 Å². The van der Waals surface area contributed by atoms with Gasteiger partial charge in [-0.3, -0.25) is 4.90 Å². The maximum Gasteiger partial charge on any atom is 0.267 e. The van der Waals surface area contributed by atoms with Crippen LogP contribution in [0.1, 0.15) is 39.5 Å². The Morgan fingerprint density at radius 1 is 1.26 bits per heavy atom. The van der Waals surface area contributed by atoms with Crippen molar-refractivity contribution in [3.8, 4) is 0 Å². The number of likely N-dealkylation sites (tertiary alicyclic amines) is 1. The summed E-state index contributed by atoms with van der Waals surface area (Å²) in [7, 11) is -1.03. The molecule has 8 nitrogen and oxygen atoms in total. The summed E-state index contributed by atoms with van der Waals surface area (Å²) in [6, 6.07) is 0.333. The first kappa shape index (κ1) is 24.5. The van der Waals surface area contributed by atoms with Crippen LogP contribution < -0.4 is 10.6 Å². The zero-order valence-electron chi connectivity index (χ0n) is 20.7. The van der Waals surface area contributed by atoms with Crippen molar-refractivity contribution < 1.29 is 21.8 Å². The van der Waals surface area contributed by atoms with E-state index in [-0.39, 0.29) is 36.9 Å². The van der Waals surface area contributed by atoms with Gasteiger partial charge in [0.25, 0.3) is 12.2 Å². The lowest BCUT2D eigenvalue weighted by molar-refractivity contribution is -0.601. The fourth-order valence-electron chi connectivity index (χ4n) is 6.62. The zero-order valence-corrected chi connectivity index (χ0v) is 21.5. The molecule has 192 valence electrons. The molecule has 0 radical (unpaired) electrons. The van der Waals surface area contributed by atoms with E-state index in [0.717, 1.165) is 25.1 Å². The second kappa shape index (κ2) is 8.47. The van der Waals surface area contributed by atoms with Gasteiger partial charge in [0.1, 0.15) is 6.54 Å². The van der Waals surface area contributed by atoms with Crippen molar-refractivity contribution in [2.45, 2.75) is 70.0 Å². The van der Waals surface area contributed by atoms with Crippen molar-refractivity contribution >= 4 is 16.2 Å². The lowest BCUT2D eigenvalue weighted by Crippen LogP contribution is -2.70. The molecule has 5 atom stereocenters. The third-order valence-corrected chi connectivity index (χ3v) is 10.0. The fraction of sp³-hybridized carbons (Fsp3) is 0.870. The maximum absolute atomic E-state index is 14.1. The molecule has 34 heavy (non-hydrogen) atoms. The highest BCUT2D eigenvalue weighted by molar-refractivity contribution is 7.88. The van der Waals surface area contributed by atoms with E-state index in [1.54, 1.807) is 4.31 Å². The number of nitrogens with zero attached hydrogens (tertiary/aromatic N) is 4. The summed E-state index contributed by atoms with van der Waals surface area (Å²) in [4.78, 5) is 4.59. The molecule has 0 aromatic heterocycles. The lowest BCUT2D eigenvalue weighted by atomic mass is 9.89. The Hall–Kier alpha value is -1.14. The van der Waals surface area contributed by atoms with Crippen molar-refractivity contribution in [1.29, 1.82) is 0 Å².